The van der Waals surface area contributed by atoms with Crippen LogP contribution in [0.1, 0.15) is 81.5 Å². The van der Waals surface area contributed by atoms with E-state index in [1.807, 2.05) is 31.2 Å². The molecule has 0 aromatic heterocycles. The molecule has 2 aliphatic rings. The van der Waals surface area contributed by atoms with Crippen LogP contribution in [-0.4, -0.2) is 56.4 Å². The molecule has 4 aromatic carbocycles. The Kier molecular flexibility index (Phi) is 12.9. The van der Waals surface area contributed by atoms with Crippen LogP contribution in [0.4, 0.5) is 8.78 Å². The highest BCUT2D eigenvalue weighted by Gasteiger charge is 2.47. The van der Waals surface area contributed by atoms with E-state index < -0.39 is 35.7 Å². The molecule has 58 heavy (non-hydrogen) atoms. The van der Waals surface area contributed by atoms with Crippen molar-refractivity contribution in [2.75, 3.05) is 26.4 Å². The Balaban J connectivity index is 1.07. The second kappa shape index (κ2) is 18.2. The van der Waals surface area contributed by atoms with Crippen molar-refractivity contribution in [1.29, 1.82) is 0 Å². The highest BCUT2D eigenvalue weighted by atomic mass is 19.3. The van der Waals surface area contributed by atoms with E-state index in [2.05, 4.69) is 13.2 Å². The van der Waals surface area contributed by atoms with E-state index in [-0.39, 0.29) is 48.4 Å². The Morgan fingerprint density at radius 1 is 0.724 bits per heavy atom. The summed E-state index contributed by atoms with van der Waals surface area (Å²) in [7, 11) is 0. The molecular formula is C45H42F2O11. The molecule has 0 fully saturated rings. The third-order valence-corrected chi connectivity index (χ3v) is 9.61. The molecule has 4 aromatic rings. The van der Waals surface area contributed by atoms with Gasteiger partial charge in [0.05, 0.1) is 32.0 Å². The van der Waals surface area contributed by atoms with Gasteiger partial charge in [0.1, 0.15) is 5.75 Å². The summed E-state index contributed by atoms with van der Waals surface area (Å²) in [4.78, 5) is 49.2. The van der Waals surface area contributed by atoms with Crippen LogP contribution < -0.4 is 23.7 Å². The summed E-state index contributed by atoms with van der Waals surface area (Å²) >= 11 is 0. The first kappa shape index (κ1) is 41.1. The summed E-state index contributed by atoms with van der Waals surface area (Å²) in [6, 6.07) is 19.2. The number of ketones is 1. The molecule has 1 aliphatic carbocycles. The number of fused-ring (bicyclic) bond motifs is 4. The molecule has 1 heterocycles. The molecule has 0 radical (unpaired) electrons. The third kappa shape index (κ3) is 9.71. The van der Waals surface area contributed by atoms with Crippen LogP contribution in [0.15, 0.2) is 92.0 Å². The van der Waals surface area contributed by atoms with E-state index in [0.29, 0.717) is 55.8 Å². The molecular weight excluding hydrogens is 754 g/mol. The van der Waals surface area contributed by atoms with Crippen molar-refractivity contribution >= 4 is 23.7 Å². The van der Waals surface area contributed by atoms with Crippen molar-refractivity contribution in [3.8, 4) is 39.9 Å². The van der Waals surface area contributed by atoms with E-state index in [1.165, 1.54) is 12.1 Å². The monoisotopic (exact) mass is 796 g/mol. The van der Waals surface area contributed by atoms with Crippen LogP contribution in [0.2, 0.25) is 0 Å². The smallest absolute Gasteiger partial charge is 0.494 e. The number of ether oxygens (including phenoxy) is 7. The average Bonchev–Trinajstić information content (AvgIpc) is 3.69. The van der Waals surface area contributed by atoms with Gasteiger partial charge in [-0.15, -0.1) is 8.78 Å². The van der Waals surface area contributed by atoms with Crippen LogP contribution in [0.25, 0.3) is 11.1 Å². The normalized spacial score (nSPS) is 14.1. The summed E-state index contributed by atoms with van der Waals surface area (Å²) < 4.78 is 64.9. The van der Waals surface area contributed by atoms with Crippen LogP contribution >= 0.6 is 0 Å². The van der Waals surface area contributed by atoms with Gasteiger partial charge in [-0.2, -0.15) is 0 Å². The Morgan fingerprint density at radius 3 is 1.97 bits per heavy atom. The first-order valence-electron chi connectivity index (χ1n) is 18.8. The van der Waals surface area contributed by atoms with Gasteiger partial charge >= 0.3 is 24.2 Å². The number of Topliss-reactive ketones (excluding diaryl/α,β-unsaturated/α-hetero) is 1. The second-order valence-electron chi connectivity index (χ2n) is 13.7. The van der Waals surface area contributed by atoms with Crippen molar-refractivity contribution in [3.63, 3.8) is 0 Å². The van der Waals surface area contributed by atoms with Gasteiger partial charge in [-0.05, 0) is 108 Å². The zero-order valence-corrected chi connectivity index (χ0v) is 32.1. The molecule has 0 bridgehead atoms. The Hall–Kier alpha value is -6.50. The van der Waals surface area contributed by atoms with Crippen LogP contribution in [0.3, 0.4) is 0 Å². The minimum Gasteiger partial charge on any atom is -0.494 e. The number of hydrogen-bond acceptors (Lipinski definition) is 11. The van der Waals surface area contributed by atoms with E-state index in [0.717, 1.165) is 40.0 Å². The fraction of sp³-hybridized carbons (Fsp3) is 0.289. The minimum atomic E-state index is -4.01. The van der Waals surface area contributed by atoms with Crippen LogP contribution in [0.5, 0.6) is 28.7 Å². The maximum absolute atomic E-state index is 14.3. The Morgan fingerprint density at radius 2 is 1.31 bits per heavy atom. The van der Waals surface area contributed by atoms with Crippen LogP contribution in [-0.2, 0) is 25.5 Å². The molecule has 1 unspecified atom stereocenters. The standard InChI is InChI=1S/C45H42F2O11/c1-5-40(49)54-21-9-7-19-52-31-14-12-30(13-15-31)37(48)25-29-11-16-32-34(24-29)28(4)35-26-33(27(3)23-36(32)35)44(51)56-39-18-17-38(42-43(39)58-45(46,47)57-42)53-20-8-10-22-55-41(50)6-2/h5-6,11-18,23-24,26,28H,1-2,7-10,19-22,25H2,3-4H3. The third-order valence-electron chi connectivity index (χ3n) is 9.61. The summed E-state index contributed by atoms with van der Waals surface area (Å²) in [5.74, 6) is -2.50. The second-order valence-corrected chi connectivity index (χ2v) is 13.7. The number of benzene rings is 4. The van der Waals surface area contributed by atoms with Crippen LogP contribution in [0, 0.1) is 6.92 Å². The topological polar surface area (TPSA) is 133 Å². The number of hydrogen-bond donors (Lipinski definition) is 0. The summed E-state index contributed by atoms with van der Waals surface area (Å²) in [5, 5.41) is 0. The summed E-state index contributed by atoms with van der Waals surface area (Å²) in [6.07, 6.45) is 0.609. The molecule has 0 spiro atoms. The molecule has 11 nitrogen and oxygen atoms in total. The predicted molar refractivity (Wildman–Crippen MR) is 208 cm³/mol. The number of alkyl halides is 2. The van der Waals surface area contributed by atoms with Gasteiger partial charge in [0.2, 0.25) is 11.5 Å². The van der Waals surface area contributed by atoms with Gasteiger partial charge in [-0.1, -0.05) is 44.3 Å². The van der Waals surface area contributed by atoms with Crippen molar-refractivity contribution in [2.24, 2.45) is 0 Å². The van der Waals surface area contributed by atoms with E-state index >= 15 is 0 Å². The molecule has 0 N–H and O–H groups in total. The lowest BCUT2D eigenvalue weighted by Crippen LogP contribution is -2.26. The fourth-order valence-corrected chi connectivity index (χ4v) is 6.62. The quantitative estimate of drug-likeness (QED) is 0.0296. The first-order chi connectivity index (χ1) is 27.9. The molecule has 302 valence electrons. The number of aryl methyl sites for hydroxylation is 1. The van der Waals surface area contributed by atoms with Crippen molar-refractivity contribution in [2.45, 2.75) is 58.2 Å². The van der Waals surface area contributed by atoms with Crippen molar-refractivity contribution < 1.29 is 61.1 Å². The molecule has 0 saturated heterocycles. The zero-order chi connectivity index (χ0) is 41.4. The van der Waals surface area contributed by atoms with Gasteiger partial charge < -0.3 is 33.2 Å². The largest absolute Gasteiger partial charge is 0.586 e. The van der Waals surface area contributed by atoms with Crippen molar-refractivity contribution in [3.05, 3.63) is 125 Å². The number of unbranched alkanes of at least 4 members (excludes halogenated alkanes) is 2. The highest BCUT2D eigenvalue weighted by molar-refractivity contribution is 5.98. The van der Waals surface area contributed by atoms with Crippen molar-refractivity contribution in [1.82, 2.24) is 0 Å². The zero-order valence-electron chi connectivity index (χ0n) is 32.1. The molecule has 6 rings (SSSR count). The van der Waals surface area contributed by atoms with E-state index in [1.54, 1.807) is 37.3 Å². The van der Waals surface area contributed by atoms with Gasteiger partial charge in [0.25, 0.3) is 0 Å². The molecule has 0 saturated carbocycles. The Bertz CT molecular complexity index is 2230. The molecule has 13 heteroatoms. The number of rotatable bonds is 19. The van der Waals surface area contributed by atoms with Gasteiger partial charge in [-0.25, -0.2) is 14.4 Å². The average molecular weight is 797 g/mol. The summed E-state index contributed by atoms with van der Waals surface area (Å²) in [6.45, 7) is 11.4. The van der Waals surface area contributed by atoms with Gasteiger partial charge in [0, 0.05) is 30.1 Å². The number of halogens is 2. The maximum Gasteiger partial charge on any atom is 0.586 e. The number of carbonyl (C=O) groups excluding carboxylic acids is 4. The lowest BCUT2D eigenvalue weighted by Gasteiger charge is -2.13. The fourth-order valence-electron chi connectivity index (χ4n) is 6.62. The number of esters is 3. The molecule has 0 amide bonds. The summed E-state index contributed by atoms with van der Waals surface area (Å²) in [5.41, 5.74) is 6.06. The van der Waals surface area contributed by atoms with E-state index in [9.17, 15) is 28.0 Å². The minimum absolute atomic E-state index is 0.0331. The highest BCUT2D eigenvalue weighted by Crippen LogP contribution is 2.53. The molecule has 1 aliphatic heterocycles. The van der Waals surface area contributed by atoms with Gasteiger partial charge in [0.15, 0.2) is 17.3 Å². The Labute approximate surface area is 334 Å². The first-order valence-corrected chi connectivity index (χ1v) is 18.8. The lowest BCUT2D eigenvalue weighted by atomic mass is 9.94. The SMILES string of the molecule is C=CC(=O)OCCCCOc1ccc(C(=O)Cc2ccc3c(c2)C(C)c2cc(C(=O)Oc4ccc(OCCCCOC(=O)C=C)c5c4OC(F)(F)O5)c(C)cc2-3)cc1. The molecule has 1 atom stereocenters. The van der Waals surface area contributed by atoms with Gasteiger partial charge in [-0.3, -0.25) is 4.79 Å². The maximum atomic E-state index is 14.3. The lowest BCUT2D eigenvalue weighted by molar-refractivity contribution is -0.287. The van der Waals surface area contributed by atoms with E-state index in [4.69, 9.17) is 33.2 Å². The predicted octanol–water partition coefficient (Wildman–Crippen LogP) is 8.87. The number of carbonyl (C=O) groups is 4.